The SMILES string of the molecule is CC(C)(C)CCc1cn2c(n1)[C@H](O)[C@H](O)[C@H](O)[C@H]2CO. The van der Waals surface area contributed by atoms with Crippen molar-refractivity contribution in [3.8, 4) is 0 Å². The molecule has 2 heterocycles. The van der Waals surface area contributed by atoms with E-state index in [4.69, 9.17) is 0 Å². The molecule has 2 rings (SSSR count). The minimum atomic E-state index is -1.32. The van der Waals surface area contributed by atoms with Gasteiger partial charge in [0.05, 0.1) is 18.3 Å². The Labute approximate surface area is 118 Å². The van der Waals surface area contributed by atoms with Crippen LogP contribution in [0.3, 0.4) is 0 Å². The second-order valence-corrected chi connectivity index (χ2v) is 6.73. The summed E-state index contributed by atoms with van der Waals surface area (Å²) in [6.45, 7) is 6.11. The molecule has 6 nitrogen and oxygen atoms in total. The Morgan fingerprint density at radius 2 is 1.85 bits per heavy atom. The highest BCUT2D eigenvalue weighted by atomic mass is 16.4. The van der Waals surface area contributed by atoms with Gasteiger partial charge in [-0.1, -0.05) is 20.8 Å². The van der Waals surface area contributed by atoms with Gasteiger partial charge in [-0.15, -0.1) is 0 Å². The van der Waals surface area contributed by atoms with E-state index in [1.807, 2.05) is 0 Å². The van der Waals surface area contributed by atoms with Crippen molar-refractivity contribution in [1.29, 1.82) is 0 Å². The van der Waals surface area contributed by atoms with Crippen molar-refractivity contribution in [2.24, 2.45) is 5.41 Å². The molecular formula is C14H24N2O4. The van der Waals surface area contributed by atoms with Crippen LogP contribution in [0, 0.1) is 5.41 Å². The first-order valence-corrected chi connectivity index (χ1v) is 6.97. The highest BCUT2D eigenvalue weighted by Crippen LogP contribution is 2.33. The smallest absolute Gasteiger partial charge is 0.141 e. The normalized spacial score (nSPS) is 30.4. The fourth-order valence-corrected chi connectivity index (χ4v) is 2.50. The molecule has 0 amide bonds. The quantitative estimate of drug-likeness (QED) is 0.634. The van der Waals surface area contributed by atoms with Gasteiger partial charge in [0, 0.05) is 6.20 Å². The first-order chi connectivity index (χ1) is 9.24. The van der Waals surface area contributed by atoms with Crippen LogP contribution < -0.4 is 0 Å². The predicted octanol–water partition coefficient (Wildman–Crippen LogP) is 0.164. The number of aliphatic hydroxyl groups excluding tert-OH is 4. The van der Waals surface area contributed by atoms with Crippen molar-refractivity contribution in [1.82, 2.24) is 9.55 Å². The van der Waals surface area contributed by atoms with Crippen LogP contribution in [0.1, 0.15) is 50.9 Å². The molecule has 1 aromatic heterocycles. The van der Waals surface area contributed by atoms with E-state index in [1.165, 1.54) is 0 Å². The molecule has 20 heavy (non-hydrogen) atoms. The molecular weight excluding hydrogens is 260 g/mol. The van der Waals surface area contributed by atoms with Crippen molar-refractivity contribution >= 4 is 0 Å². The fraction of sp³-hybridized carbons (Fsp3) is 0.786. The molecule has 0 bridgehead atoms. The lowest BCUT2D eigenvalue weighted by Crippen LogP contribution is -2.46. The predicted molar refractivity (Wildman–Crippen MR) is 73.1 cm³/mol. The van der Waals surface area contributed by atoms with Gasteiger partial charge in [-0.05, 0) is 18.3 Å². The van der Waals surface area contributed by atoms with E-state index >= 15 is 0 Å². The molecule has 0 fully saturated rings. The van der Waals surface area contributed by atoms with Crippen LogP contribution in [0.2, 0.25) is 0 Å². The van der Waals surface area contributed by atoms with Gasteiger partial charge >= 0.3 is 0 Å². The van der Waals surface area contributed by atoms with Crippen LogP contribution in [0.4, 0.5) is 0 Å². The van der Waals surface area contributed by atoms with Crippen molar-refractivity contribution in [2.45, 2.75) is 58.0 Å². The number of fused-ring (bicyclic) bond motifs is 1. The molecule has 0 aromatic carbocycles. The lowest BCUT2D eigenvalue weighted by molar-refractivity contribution is -0.108. The van der Waals surface area contributed by atoms with Crippen LogP contribution in [0.15, 0.2) is 6.20 Å². The molecule has 1 aromatic rings. The second kappa shape index (κ2) is 5.44. The minimum Gasteiger partial charge on any atom is -0.394 e. The molecule has 0 spiro atoms. The topological polar surface area (TPSA) is 98.7 Å². The molecule has 6 heteroatoms. The van der Waals surface area contributed by atoms with Gasteiger partial charge in [0.1, 0.15) is 24.1 Å². The Balaban J connectivity index is 2.26. The number of aryl methyl sites for hydroxylation is 1. The van der Waals surface area contributed by atoms with E-state index in [2.05, 4.69) is 25.8 Å². The number of imidazole rings is 1. The summed E-state index contributed by atoms with van der Waals surface area (Å²) in [6.07, 6.45) is -0.309. The Bertz CT molecular complexity index is 466. The molecule has 1 aliphatic rings. The van der Waals surface area contributed by atoms with E-state index in [0.717, 1.165) is 18.5 Å². The van der Waals surface area contributed by atoms with E-state index < -0.39 is 24.4 Å². The molecule has 4 atom stereocenters. The summed E-state index contributed by atoms with van der Waals surface area (Å²) in [5.74, 6) is 0.311. The summed E-state index contributed by atoms with van der Waals surface area (Å²) in [5, 5.41) is 39.1. The van der Waals surface area contributed by atoms with Crippen LogP contribution >= 0.6 is 0 Å². The molecule has 0 radical (unpaired) electrons. The Morgan fingerprint density at radius 3 is 2.40 bits per heavy atom. The number of aliphatic hydroxyl groups is 4. The number of nitrogens with zero attached hydrogens (tertiary/aromatic N) is 2. The molecule has 114 valence electrons. The molecule has 0 aliphatic carbocycles. The lowest BCUT2D eigenvalue weighted by atomic mass is 9.90. The van der Waals surface area contributed by atoms with Crippen LogP contribution in [0.25, 0.3) is 0 Å². The average Bonchev–Trinajstić information content (AvgIpc) is 2.78. The zero-order chi connectivity index (χ0) is 15.1. The van der Waals surface area contributed by atoms with Crippen molar-refractivity contribution in [3.05, 3.63) is 17.7 Å². The molecule has 0 saturated heterocycles. The summed E-state index contributed by atoms with van der Waals surface area (Å²) in [7, 11) is 0. The number of hydrogen-bond donors (Lipinski definition) is 4. The van der Waals surface area contributed by atoms with Crippen molar-refractivity contribution in [2.75, 3.05) is 6.61 Å². The largest absolute Gasteiger partial charge is 0.394 e. The standard InChI is InChI=1S/C14H24N2O4/c1-14(2,3)5-4-8-6-16-9(7-17)10(18)11(19)12(20)13(16)15-8/h6,9-12,17-20H,4-5,7H2,1-3H3/t9-,10-,11-,12-/m1/s1. The highest BCUT2D eigenvalue weighted by molar-refractivity contribution is 5.14. The first-order valence-electron chi connectivity index (χ1n) is 6.97. The fourth-order valence-electron chi connectivity index (χ4n) is 2.50. The monoisotopic (exact) mass is 284 g/mol. The van der Waals surface area contributed by atoms with Crippen LogP contribution in [-0.2, 0) is 6.42 Å². The average molecular weight is 284 g/mol. The Kier molecular flexibility index (Phi) is 4.20. The van der Waals surface area contributed by atoms with E-state index in [1.54, 1.807) is 10.8 Å². The van der Waals surface area contributed by atoms with Gasteiger partial charge in [0.25, 0.3) is 0 Å². The van der Waals surface area contributed by atoms with E-state index in [0.29, 0.717) is 5.82 Å². The maximum absolute atomic E-state index is 9.98. The highest BCUT2D eigenvalue weighted by Gasteiger charge is 2.41. The van der Waals surface area contributed by atoms with E-state index in [9.17, 15) is 20.4 Å². The maximum Gasteiger partial charge on any atom is 0.141 e. The van der Waals surface area contributed by atoms with E-state index in [-0.39, 0.29) is 12.0 Å². The maximum atomic E-state index is 9.98. The zero-order valence-corrected chi connectivity index (χ0v) is 12.2. The van der Waals surface area contributed by atoms with Crippen LogP contribution in [0.5, 0.6) is 0 Å². The molecule has 0 saturated carbocycles. The molecule has 4 N–H and O–H groups in total. The lowest BCUT2D eigenvalue weighted by Gasteiger charge is -2.35. The summed E-state index contributed by atoms with van der Waals surface area (Å²) < 4.78 is 1.58. The third-order valence-electron chi connectivity index (χ3n) is 3.82. The van der Waals surface area contributed by atoms with Crippen molar-refractivity contribution < 1.29 is 20.4 Å². The minimum absolute atomic E-state index is 0.179. The third kappa shape index (κ3) is 2.88. The third-order valence-corrected chi connectivity index (χ3v) is 3.82. The zero-order valence-electron chi connectivity index (χ0n) is 12.2. The Morgan fingerprint density at radius 1 is 1.20 bits per heavy atom. The van der Waals surface area contributed by atoms with Gasteiger partial charge in [-0.3, -0.25) is 0 Å². The molecule has 1 aliphatic heterocycles. The van der Waals surface area contributed by atoms with Gasteiger partial charge in [-0.25, -0.2) is 4.98 Å². The summed E-state index contributed by atoms with van der Waals surface area (Å²) >= 11 is 0. The van der Waals surface area contributed by atoms with Gasteiger partial charge < -0.3 is 25.0 Å². The number of aromatic nitrogens is 2. The van der Waals surface area contributed by atoms with Crippen molar-refractivity contribution in [3.63, 3.8) is 0 Å². The second-order valence-electron chi connectivity index (χ2n) is 6.73. The summed E-state index contributed by atoms with van der Waals surface area (Å²) in [4.78, 5) is 4.35. The number of rotatable bonds is 3. The van der Waals surface area contributed by atoms with Gasteiger partial charge in [-0.2, -0.15) is 0 Å². The first kappa shape index (κ1) is 15.4. The number of hydrogen-bond acceptors (Lipinski definition) is 5. The summed E-state index contributed by atoms with van der Waals surface area (Å²) in [6, 6.07) is -0.667. The molecule has 0 unspecified atom stereocenters. The van der Waals surface area contributed by atoms with Gasteiger partial charge in [0.2, 0.25) is 0 Å². The Hall–Kier alpha value is -0.950. The van der Waals surface area contributed by atoms with Gasteiger partial charge in [0.15, 0.2) is 0 Å². The summed E-state index contributed by atoms with van der Waals surface area (Å²) in [5.41, 5.74) is 0.978. The van der Waals surface area contributed by atoms with Crippen LogP contribution in [-0.4, -0.2) is 48.8 Å².